The summed E-state index contributed by atoms with van der Waals surface area (Å²) in [6.07, 6.45) is 1.44. The molecule has 0 saturated heterocycles. The van der Waals surface area contributed by atoms with Crippen LogP contribution in [0.25, 0.3) is 11.4 Å². The second-order valence-electron chi connectivity index (χ2n) is 4.86. The van der Waals surface area contributed by atoms with Gasteiger partial charge in [-0.3, -0.25) is 4.79 Å². The van der Waals surface area contributed by atoms with Crippen molar-refractivity contribution < 1.29 is 9.32 Å². The average Bonchev–Trinajstić information content (AvgIpc) is 3.02. The Kier molecular flexibility index (Phi) is 4.51. The third kappa shape index (κ3) is 3.53. The van der Waals surface area contributed by atoms with Gasteiger partial charge in [0.05, 0.1) is 12.1 Å². The van der Waals surface area contributed by atoms with E-state index in [9.17, 15) is 4.79 Å². The lowest BCUT2D eigenvalue weighted by molar-refractivity contribution is -0.123. The van der Waals surface area contributed by atoms with Crippen LogP contribution in [0.3, 0.4) is 0 Å². The highest BCUT2D eigenvalue weighted by Gasteiger charge is 2.45. The van der Waals surface area contributed by atoms with E-state index >= 15 is 0 Å². The van der Waals surface area contributed by atoms with Crippen LogP contribution in [0, 0.1) is 0 Å². The predicted molar refractivity (Wildman–Crippen MR) is 80.0 cm³/mol. The van der Waals surface area contributed by atoms with Gasteiger partial charge < -0.3 is 15.6 Å². The van der Waals surface area contributed by atoms with E-state index in [0.29, 0.717) is 16.7 Å². The van der Waals surface area contributed by atoms with Gasteiger partial charge in [-0.25, -0.2) is 0 Å². The van der Waals surface area contributed by atoms with Crippen LogP contribution in [0.2, 0.25) is 5.02 Å². The maximum atomic E-state index is 11.7. The fraction of sp³-hybridized carbons (Fsp3) is 0.308. The first-order valence-corrected chi connectivity index (χ1v) is 6.60. The maximum Gasteiger partial charge on any atom is 0.246 e. The molecule has 1 aliphatic carbocycles. The number of hydrogen-bond donors (Lipinski definition) is 2. The first-order chi connectivity index (χ1) is 9.57. The summed E-state index contributed by atoms with van der Waals surface area (Å²) in [4.78, 5) is 15.9. The molecule has 112 valence electrons. The topological polar surface area (TPSA) is 94.0 Å². The number of halogens is 2. The fourth-order valence-electron chi connectivity index (χ4n) is 1.77. The molecule has 8 heteroatoms. The summed E-state index contributed by atoms with van der Waals surface area (Å²) >= 11 is 5.90. The highest BCUT2D eigenvalue weighted by Crippen LogP contribution is 2.32. The van der Waals surface area contributed by atoms with Gasteiger partial charge in [-0.15, -0.1) is 12.4 Å². The number of nitrogens with zero attached hydrogens (tertiary/aromatic N) is 2. The molecule has 1 aromatic heterocycles. The van der Waals surface area contributed by atoms with Crippen molar-refractivity contribution in [2.75, 3.05) is 0 Å². The van der Waals surface area contributed by atoms with Crippen LogP contribution >= 0.6 is 24.0 Å². The minimum atomic E-state index is -0.699. The third-order valence-electron chi connectivity index (χ3n) is 3.19. The molecule has 1 aromatic carbocycles. The molecule has 1 aliphatic rings. The van der Waals surface area contributed by atoms with Crippen LogP contribution in [0.4, 0.5) is 0 Å². The van der Waals surface area contributed by atoms with Gasteiger partial charge >= 0.3 is 0 Å². The number of benzene rings is 1. The van der Waals surface area contributed by atoms with Crippen LogP contribution in [0.5, 0.6) is 0 Å². The van der Waals surface area contributed by atoms with Gasteiger partial charge in [0.1, 0.15) is 0 Å². The molecule has 6 nitrogen and oxygen atoms in total. The maximum absolute atomic E-state index is 11.7. The highest BCUT2D eigenvalue weighted by atomic mass is 35.5. The van der Waals surface area contributed by atoms with Crippen molar-refractivity contribution in [3.63, 3.8) is 0 Å². The van der Waals surface area contributed by atoms with Gasteiger partial charge in [0, 0.05) is 10.6 Å². The molecule has 1 heterocycles. The Bertz CT molecular complexity index is 655. The smallest absolute Gasteiger partial charge is 0.246 e. The molecule has 0 spiro atoms. The molecule has 1 saturated carbocycles. The zero-order valence-corrected chi connectivity index (χ0v) is 12.6. The van der Waals surface area contributed by atoms with Crippen molar-refractivity contribution >= 4 is 29.9 Å². The van der Waals surface area contributed by atoms with Gasteiger partial charge in [0.2, 0.25) is 17.6 Å². The number of amides is 1. The summed E-state index contributed by atoms with van der Waals surface area (Å²) in [6.45, 7) is 0.172. The summed E-state index contributed by atoms with van der Waals surface area (Å²) in [5.74, 6) is 0.586. The predicted octanol–water partition coefficient (Wildman–Crippen LogP) is 1.92. The van der Waals surface area contributed by atoms with Crippen LogP contribution in [-0.4, -0.2) is 21.6 Å². The Balaban J connectivity index is 0.00000161. The summed E-state index contributed by atoms with van der Waals surface area (Å²) in [5.41, 5.74) is 5.84. The summed E-state index contributed by atoms with van der Waals surface area (Å²) in [6, 6.07) is 7.15. The normalized spacial score (nSPS) is 15.1. The molecule has 3 N–H and O–H groups in total. The second-order valence-corrected chi connectivity index (χ2v) is 5.30. The van der Waals surface area contributed by atoms with Crippen LogP contribution < -0.4 is 11.1 Å². The number of carbonyl (C=O) groups is 1. The van der Waals surface area contributed by atoms with E-state index in [4.69, 9.17) is 21.9 Å². The minimum Gasteiger partial charge on any atom is -0.345 e. The number of carbonyl (C=O) groups excluding carboxylic acids is 1. The molecule has 1 amide bonds. The number of aromatic nitrogens is 2. The first kappa shape index (κ1) is 15.8. The number of nitrogens with one attached hydrogen (secondary N) is 1. The molecule has 2 aromatic rings. The highest BCUT2D eigenvalue weighted by molar-refractivity contribution is 6.30. The quantitative estimate of drug-likeness (QED) is 0.894. The molecule has 3 rings (SSSR count). The summed E-state index contributed by atoms with van der Waals surface area (Å²) in [5, 5.41) is 7.15. The lowest BCUT2D eigenvalue weighted by atomic mass is 10.2. The van der Waals surface area contributed by atoms with Crippen molar-refractivity contribution in [3.8, 4) is 11.4 Å². The van der Waals surface area contributed by atoms with E-state index < -0.39 is 5.54 Å². The Labute approximate surface area is 132 Å². The van der Waals surface area contributed by atoms with Gasteiger partial charge in [-0.2, -0.15) is 4.98 Å². The van der Waals surface area contributed by atoms with Gasteiger partial charge in [0.15, 0.2) is 0 Å². The fourth-order valence-corrected chi connectivity index (χ4v) is 1.96. The second kappa shape index (κ2) is 6.01. The van der Waals surface area contributed by atoms with E-state index in [1.165, 1.54) is 0 Å². The SMILES string of the molecule is Cl.NC1(C(=O)NCc2nc(-c3cccc(Cl)c3)no2)CC1. The molecular formula is C13H14Cl2N4O2. The van der Waals surface area contributed by atoms with Crippen molar-refractivity contribution in [3.05, 3.63) is 35.2 Å². The van der Waals surface area contributed by atoms with E-state index in [1.807, 2.05) is 6.07 Å². The number of nitrogens with two attached hydrogens (primary N) is 1. The summed E-state index contributed by atoms with van der Waals surface area (Å²) in [7, 11) is 0. The van der Waals surface area contributed by atoms with Crippen molar-refractivity contribution in [1.29, 1.82) is 0 Å². The Morgan fingerprint density at radius 2 is 2.24 bits per heavy atom. The molecule has 0 aliphatic heterocycles. The Morgan fingerprint density at radius 3 is 2.90 bits per heavy atom. The van der Waals surface area contributed by atoms with Crippen molar-refractivity contribution in [2.45, 2.75) is 24.9 Å². The molecule has 0 radical (unpaired) electrons. The molecule has 21 heavy (non-hydrogen) atoms. The zero-order valence-electron chi connectivity index (χ0n) is 11.0. The number of hydrogen-bond acceptors (Lipinski definition) is 5. The largest absolute Gasteiger partial charge is 0.345 e. The average molecular weight is 329 g/mol. The zero-order chi connectivity index (χ0) is 14.2. The Hall–Kier alpha value is -1.63. The molecule has 1 fully saturated rings. The van der Waals surface area contributed by atoms with Gasteiger partial charge in [-0.1, -0.05) is 28.9 Å². The van der Waals surface area contributed by atoms with E-state index in [-0.39, 0.29) is 24.9 Å². The standard InChI is InChI=1S/C13H13ClN4O2.ClH/c14-9-3-1-2-8(6-9)11-17-10(20-18-11)7-16-12(19)13(15)4-5-13;/h1-3,6H,4-5,7,15H2,(H,16,19);1H. The minimum absolute atomic E-state index is 0. The lowest BCUT2D eigenvalue weighted by Crippen LogP contribution is -2.42. The molecular weight excluding hydrogens is 315 g/mol. The molecule has 0 bridgehead atoms. The third-order valence-corrected chi connectivity index (χ3v) is 3.43. The van der Waals surface area contributed by atoms with Gasteiger partial charge in [0.25, 0.3) is 0 Å². The van der Waals surface area contributed by atoms with E-state index in [1.54, 1.807) is 18.2 Å². The van der Waals surface area contributed by atoms with Crippen LogP contribution in [-0.2, 0) is 11.3 Å². The Morgan fingerprint density at radius 1 is 1.48 bits per heavy atom. The van der Waals surface area contributed by atoms with Crippen molar-refractivity contribution in [2.24, 2.45) is 5.73 Å². The number of rotatable bonds is 4. The molecule has 0 atom stereocenters. The van der Waals surface area contributed by atoms with E-state index in [0.717, 1.165) is 18.4 Å². The van der Waals surface area contributed by atoms with Crippen LogP contribution in [0.1, 0.15) is 18.7 Å². The molecule has 0 unspecified atom stereocenters. The summed E-state index contributed by atoms with van der Waals surface area (Å²) < 4.78 is 5.08. The first-order valence-electron chi connectivity index (χ1n) is 6.22. The monoisotopic (exact) mass is 328 g/mol. The van der Waals surface area contributed by atoms with Crippen molar-refractivity contribution in [1.82, 2.24) is 15.5 Å². The van der Waals surface area contributed by atoms with Crippen LogP contribution in [0.15, 0.2) is 28.8 Å². The lowest BCUT2D eigenvalue weighted by Gasteiger charge is -2.07. The van der Waals surface area contributed by atoms with Gasteiger partial charge in [-0.05, 0) is 25.0 Å². The van der Waals surface area contributed by atoms with E-state index in [2.05, 4.69) is 15.5 Å².